The van der Waals surface area contributed by atoms with Crippen molar-refractivity contribution >= 4 is 5.91 Å². The van der Waals surface area contributed by atoms with Gasteiger partial charge in [0.2, 0.25) is 0 Å². The van der Waals surface area contributed by atoms with Crippen molar-refractivity contribution in [3.8, 4) is 6.07 Å². The highest BCUT2D eigenvalue weighted by molar-refractivity contribution is 5.97. The van der Waals surface area contributed by atoms with Gasteiger partial charge >= 0.3 is 0 Å². The number of nitriles is 1. The van der Waals surface area contributed by atoms with E-state index < -0.39 is 5.91 Å². The van der Waals surface area contributed by atoms with Crippen LogP contribution in [0.15, 0.2) is 66.4 Å². The maximum atomic E-state index is 13.5. The lowest BCUT2D eigenvalue weighted by Gasteiger charge is -2.06. The van der Waals surface area contributed by atoms with E-state index in [-0.39, 0.29) is 17.9 Å². The van der Waals surface area contributed by atoms with Crippen LogP contribution in [0.5, 0.6) is 0 Å². The molecule has 0 aliphatic heterocycles. The number of hydrogen-bond donors (Lipinski definition) is 2. The molecule has 2 aromatic carbocycles. The third-order valence-corrected chi connectivity index (χ3v) is 3.40. The Morgan fingerprint density at radius 1 is 1.12 bits per heavy atom. The molecule has 122 valence electrons. The van der Waals surface area contributed by atoms with E-state index in [1.54, 1.807) is 18.2 Å². The van der Waals surface area contributed by atoms with E-state index in [9.17, 15) is 9.18 Å². The zero-order valence-corrected chi connectivity index (χ0v) is 13.1. The largest absolute Gasteiger partial charge is 0.385 e. The topological polar surface area (TPSA) is 64.9 Å². The number of benzene rings is 2. The van der Waals surface area contributed by atoms with E-state index in [2.05, 4.69) is 10.6 Å². The van der Waals surface area contributed by atoms with Crippen LogP contribution in [-0.4, -0.2) is 12.5 Å². The molecule has 0 atom stereocenters. The Kier molecular flexibility index (Phi) is 6.54. The molecule has 0 unspecified atom stereocenters. The summed E-state index contributed by atoms with van der Waals surface area (Å²) in [6.45, 7) is 0.643. The summed E-state index contributed by atoms with van der Waals surface area (Å²) >= 11 is 0. The van der Waals surface area contributed by atoms with Crippen LogP contribution < -0.4 is 10.6 Å². The lowest BCUT2D eigenvalue weighted by Crippen LogP contribution is -2.27. The number of nitrogens with zero attached hydrogens (tertiary/aromatic N) is 1. The first-order valence-electron chi connectivity index (χ1n) is 7.60. The van der Waals surface area contributed by atoms with Crippen LogP contribution in [-0.2, 0) is 17.8 Å². The SMILES string of the molecule is N#C/C(=C/NCc1ccccc1F)C(=O)NCCc1ccccc1. The Morgan fingerprint density at radius 3 is 2.54 bits per heavy atom. The highest BCUT2D eigenvalue weighted by Crippen LogP contribution is 2.05. The van der Waals surface area contributed by atoms with Gasteiger partial charge in [-0.05, 0) is 18.1 Å². The predicted molar refractivity (Wildman–Crippen MR) is 90.1 cm³/mol. The second-order valence-electron chi connectivity index (χ2n) is 5.13. The Bertz CT molecular complexity index is 751. The van der Waals surface area contributed by atoms with Gasteiger partial charge in [0.1, 0.15) is 17.5 Å². The van der Waals surface area contributed by atoms with Crippen molar-refractivity contribution in [3.05, 3.63) is 83.3 Å². The summed E-state index contributed by atoms with van der Waals surface area (Å²) in [4.78, 5) is 12.0. The molecule has 0 radical (unpaired) electrons. The van der Waals surface area contributed by atoms with Crippen molar-refractivity contribution in [1.29, 1.82) is 5.26 Å². The van der Waals surface area contributed by atoms with Gasteiger partial charge in [-0.15, -0.1) is 0 Å². The van der Waals surface area contributed by atoms with Gasteiger partial charge in [-0.3, -0.25) is 4.79 Å². The maximum absolute atomic E-state index is 13.5. The minimum absolute atomic E-state index is 0.0422. The first-order chi connectivity index (χ1) is 11.7. The second-order valence-corrected chi connectivity index (χ2v) is 5.13. The Hall–Kier alpha value is -3.13. The minimum Gasteiger partial charge on any atom is -0.385 e. The fourth-order valence-electron chi connectivity index (χ4n) is 2.11. The molecule has 0 saturated carbocycles. The van der Waals surface area contributed by atoms with Crippen LogP contribution in [0.1, 0.15) is 11.1 Å². The molecule has 1 amide bonds. The van der Waals surface area contributed by atoms with E-state index in [4.69, 9.17) is 5.26 Å². The highest BCUT2D eigenvalue weighted by Gasteiger charge is 2.08. The molecule has 0 fully saturated rings. The van der Waals surface area contributed by atoms with Gasteiger partial charge in [0.15, 0.2) is 0 Å². The van der Waals surface area contributed by atoms with E-state index in [1.807, 2.05) is 36.4 Å². The van der Waals surface area contributed by atoms with Crippen molar-refractivity contribution in [2.24, 2.45) is 0 Å². The first kappa shape index (κ1) is 17.2. The number of halogens is 1. The molecule has 0 aliphatic carbocycles. The number of hydrogen-bond acceptors (Lipinski definition) is 3. The van der Waals surface area contributed by atoms with E-state index in [0.29, 0.717) is 18.5 Å². The summed E-state index contributed by atoms with van der Waals surface area (Å²) < 4.78 is 13.5. The molecule has 5 heteroatoms. The van der Waals surface area contributed by atoms with Gasteiger partial charge < -0.3 is 10.6 Å². The summed E-state index contributed by atoms with van der Waals surface area (Å²) in [5.74, 6) is -0.779. The fraction of sp³-hybridized carbons (Fsp3) is 0.158. The lowest BCUT2D eigenvalue weighted by atomic mass is 10.1. The lowest BCUT2D eigenvalue weighted by molar-refractivity contribution is -0.117. The highest BCUT2D eigenvalue weighted by atomic mass is 19.1. The molecule has 2 N–H and O–H groups in total. The van der Waals surface area contributed by atoms with Gasteiger partial charge in [0, 0.05) is 24.9 Å². The molecule has 0 bridgehead atoms. The van der Waals surface area contributed by atoms with Crippen LogP contribution in [0.2, 0.25) is 0 Å². The van der Waals surface area contributed by atoms with Crippen molar-refractivity contribution in [3.63, 3.8) is 0 Å². The summed E-state index contributed by atoms with van der Waals surface area (Å²) in [7, 11) is 0. The standard InChI is InChI=1S/C19H18FN3O/c20-18-9-5-4-8-16(18)13-22-14-17(12-21)19(24)23-11-10-15-6-2-1-3-7-15/h1-9,14,22H,10-11,13H2,(H,23,24)/b17-14-. The number of carbonyl (C=O) groups excluding carboxylic acids is 1. The first-order valence-corrected chi connectivity index (χ1v) is 7.60. The number of carbonyl (C=O) groups is 1. The smallest absolute Gasteiger partial charge is 0.263 e. The molecule has 4 nitrogen and oxygen atoms in total. The van der Waals surface area contributed by atoms with Gasteiger partial charge in [-0.1, -0.05) is 48.5 Å². The molecular weight excluding hydrogens is 305 g/mol. The molecule has 24 heavy (non-hydrogen) atoms. The van der Waals surface area contributed by atoms with Crippen LogP contribution in [0.4, 0.5) is 4.39 Å². The van der Waals surface area contributed by atoms with Crippen LogP contribution in [0.3, 0.4) is 0 Å². The quantitative estimate of drug-likeness (QED) is 0.608. The zero-order chi connectivity index (χ0) is 17.2. The number of amides is 1. The molecule has 0 aromatic heterocycles. The Balaban J connectivity index is 1.82. The van der Waals surface area contributed by atoms with Crippen LogP contribution >= 0.6 is 0 Å². The van der Waals surface area contributed by atoms with Gasteiger partial charge in [0.25, 0.3) is 5.91 Å². The third-order valence-electron chi connectivity index (χ3n) is 3.40. The van der Waals surface area contributed by atoms with Crippen molar-refractivity contribution in [2.45, 2.75) is 13.0 Å². The maximum Gasteiger partial charge on any atom is 0.263 e. The van der Waals surface area contributed by atoms with Crippen LogP contribution in [0.25, 0.3) is 0 Å². The molecule has 0 saturated heterocycles. The second kappa shape index (κ2) is 9.11. The number of nitrogens with one attached hydrogen (secondary N) is 2. The number of rotatable bonds is 7. The molecule has 2 aromatic rings. The minimum atomic E-state index is -0.450. The van der Waals surface area contributed by atoms with Crippen molar-refractivity contribution < 1.29 is 9.18 Å². The molecule has 2 rings (SSSR count). The van der Waals surface area contributed by atoms with Crippen molar-refractivity contribution in [2.75, 3.05) is 6.54 Å². The average molecular weight is 323 g/mol. The van der Waals surface area contributed by atoms with Crippen molar-refractivity contribution in [1.82, 2.24) is 10.6 Å². The summed E-state index contributed by atoms with van der Waals surface area (Å²) in [6.07, 6.45) is 2.00. The van der Waals surface area contributed by atoms with E-state index in [0.717, 1.165) is 5.56 Å². The monoisotopic (exact) mass is 323 g/mol. The summed E-state index contributed by atoms with van der Waals surface area (Å²) in [5, 5.41) is 14.6. The summed E-state index contributed by atoms with van der Waals surface area (Å²) in [6, 6.07) is 17.9. The molecular formula is C19H18FN3O. The Labute approximate surface area is 140 Å². The predicted octanol–water partition coefficient (Wildman–Crippen LogP) is 2.68. The molecule has 0 heterocycles. The molecule has 0 spiro atoms. The average Bonchev–Trinajstić information content (AvgIpc) is 2.61. The Morgan fingerprint density at radius 2 is 1.83 bits per heavy atom. The van der Waals surface area contributed by atoms with Gasteiger partial charge in [-0.2, -0.15) is 5.26 Å². The zero-order valence-electron chi connectivity index (χ0n) is 13.1. The van der Waals surface area contributed by atoms with E-state index in [1.165, 1.54) is 12.3 Å². The third kappa shape index (κ3) is 5.25. The van der Waals surface area contributed by atoms with Gasteiger partial charge in [0.05, 0.1) is 0 Å². The fourth-order valence-corrected chi connectivity index (χ4v) is 2.11. The normalized spacial score (nSPS) is 10.8. The van der Waals surface area contributed by atoms with Gasteiger partial charge in [-0.25, -0.2) is 4.39 Å². The van der Waals surface area contributed by atoms with E-state index >= 15 is 0 Å². The summed E-state index contributed by atoms with van der Waals surface area (Å²) in [5.41, 5.74) is 1.54. The molecule has 0 aliphatic rings. The van der Waals surface area contributed by atoms with Crippen LogP contribution in [0, 0.1) is 17.1 Å².